The van der Waals surface area contributed by atoms with Gasteiger partial charge in [-0.1, -0.05) is 0 Å². The molecule has 4 heterocycles. The van der Waals surface area contributed by atoms with Crippen LogP contribution in [0.25, 0.3) is 11.2 Å². The van der Waals surface area contributed by atoms with Crippen molar-refractivity contribution < 1.29 is 0 Å². The zero-order chi connectivity index (χ0) is 17.4. The van der Waals surface area contributed by atoms with Gasteiger partial charge in [0, 0.05) is 31.9 Å². The average Bonchev–Trinajstić information content (AvgIpc) is 3.03. The summed E-state index contributed by atoms with van der Waals surface area (Å²) in [6, 6.07) is 0. The number of hydrogen-bond donors (Lipinski definition) is 0. The molecule has 0 radical (unpaired) electrons. The summed E-state index contributed by atoms with van der Waals surface area (Å²) in [5.41, 5.74) is 1.86. The van der Waals surface area contributed by atoms with Crippen LogP contribution >= 0.6 is 11.8 Å². The van der Waals surface area contributed by atoms with Crippen LogP contribution in [0.1, 0.15) is 18.4 Å². The molecule has 0 amide bonds. The van der Waals surface area contributed by atoms with Gasteiger partial charge in [0.1, 0.15) is 16.9 Å². The number of imidazole rings is 1. The molecule has 0 unspecified atom stereocenters. The largest absolute Gasteiger partial charge is 0.330 e. The number of aromatic nitrogens is 6. The van der Waals surface area contributed by atoms with Crippen molar-refractivity contribution in [2.45, 2.75) is 37.4 Å². The van der Waals surface area contributed by atoms with Crippen LogP contribution in [0.2, 0.25) is 0 Å². The fraction of sp³-hybridized carbons (Fsp3) is 0.438. The lowest BCUT2D eigenvalue weighted by atomic mass is 10.2. The van der Waals surface area contributed by atoms with Crippen LogP contribution in [0.5, 0.6) is 0 Å². The van der Waals surface area contributed by atoms with Crippen molar-refractivity contribution in [1.29, 1.82) is 0 Å². The molecule has 6 bridgehead atoms. The quantitative estimate of drug-likeness (QED) is 0.553. The molecule has 130 valence electrons. The molecule has 25 heavy (non-hydrogen) atoms. The standard InChI is InChI=1S/C16H18N6O2S/c1-20-15(23)11-4-2-7-25-14-12-13(17-9-18-14)22(10-19-12)6-3-5-21(8-11)16(20)24/h8-10H,2-7H2,1H3. The van der Waals surface area contributed by atoms with E-state index in [1.807, 2.05) is 4.57 Å². The van der Waals surface area contributed by atoms with E-state index in [-0.39, 0.29) is 11.2 Å². The van der Waals surface area contributed by atoms with Gasteiger partial charge in [-0.05, 0) is 25.0 Å². The molecular weight excluding hydrogens is 340 g/mol. The Morgan fingerprint density at radius 1 is 1.08 bits per heavy atom. The molecule has 3 aromatic heterocycles. The topological polar surface area (TPSA) is 87.6 Å². The third-order valence-corrected chi connectivity index (χ3v) is 5.48. The summed E-state index contributed by atoms with van der Waals surface area (Å²) in [6.07, 6.45) is 7.28. The van der Waals surface area contributed by atoms with E-state index >= 15 is 0 Å². The Morgan fingerprint density at radius 3 is 2.80 bits per heavy atom. The molecule has 9 heteroatoms. The highest BCUT2D eigenvalue weighted by molar-refractivity contribution is 7.99. The van der Waals surface area contributed by atoms with Crippen LogP contribution in [-0.2, 0) is 26.6 Å². The van der Waals surface area contributed by atoms with E-state index in [2.05, 4.69) is 15.0 Å². The minimum atomic E-state index is -0.268. The molecule has 3 aromatic rings. The van der Waals surface area contributed by atoms with Crippen LogP contribution in [0.15, 0.2) is 33.5 Å². The summed E-state index contributed by atoms with van der Waals surface area (Å²) in [7, 11) is 1.54. The zero-order valence-corrected chi connectivity index (χ0v) is 14.7. The maximum absolute atomic E-state index is 12.3. The molecule has 0 aromatic carbocycles. The highest BCUT2D eigenvalue weighted by atomic mass is 32.2. The first-order valence-electron chi connectivity index (χ1n) is 8.23. The van der Waals surface area contributed by atoms with Gasteiger partial charge in [0.15, 0.2) is 5.65 Å². The molecule has 8 nitrogen and oxygen atoms in total. The fourth-order valence-electron chi connectivity index (χ4n) is 3.10. The Bertz CT molecular complexity index is 1050. The Kier molecular flexibility index (Phi) is 4.16. The van der Waals surface area contributed by atoms with Crippen LogP contribution in [-0.4, -0.2) is 34.4 Å². The lowest BCUT2D eigenvalue weighted by Crippen LogP contribution is -2.39. The Balaban J connectivity index is 1.74. The van der Waals surface area contributed by atoms with Gasteiger partial charge in [-0.3, -0.25) is 9.36 Å². The van der Waals surface area contributed by atoms with E-state index in [0.29, 0.717) is 25.1 Å². The van der Waals surface area contributed by atoms with E-state index in [4.69, 9.17) is 0 Å². The molecule has 0 N–H and O–H groups in total. The summed E-state index contributed by atoms with van der Waals surface area (Å²) >= 11 is 1.62. The third kappa shape index (κ3) is 2.88. The predicted molar refractivity (Wildman–Crippen MR) is 94.9 cm³/mol. The number of rotatable bonds is 0. The molecule has 1 aliphatic heterocycles. The van der Waals surface area contributed by atoms with Crippen molar-refractivity contribution in [3.8, 4) is 0 Å². The monoisotopic (exact) mass is 358 g/mol. The molecule has 1 aliphatic rings. The number of hydrogen-bond acceptors (Lipinski definition) is 6. The van der Waals surface area contributed by atoms with Gasteiger partial charge in [0.2, 0.25) is 0 Å². The summed E-state index contributed by atoms with van der Waals surface area (Å²) in [4.78, 5) is 37.8. The SMILES string of the molecule is Cn1c(=O)c2cn(c1=O)CCCn1cnc3c(ncnc31)SCCC2. The second-order valence-electron chi connectivity index (χ2n) is 6.09. The van der Waals surface area contributed by atoms with Crippen molar-refractivity contribution in [2.24, 2.45) is 7.05 Å². The summed E-state index contributed by atoms with van der Waals surface area (Å²) in [5, 5.41) is 0.874. The lowest BCUT2D eigenvalue weighted by molar-refractivity contribution is 0.526. The Labute approximate surface area is 147 Å². The van der Waals surface area contributed by atoms with Gasteiger partial charge < -0.3 is 9.13 Å². The van der Waals surface area contributed by atoms with E-state index < -0.39 is 0 Å². The molecule has 4 rings (SSSR count). The highest BCUT2D eigenvalue weighted by Gasteiger charge is 2.13. The second-order valence-corrected chi connectivity index (χ2v) is 7.17. The molecule has 0 atom stereocenters. The molecule has 0 saturated heterocycles. The number of nitrogens with zero attached hydrogens (tertiary/aromatic N) is 6. The van der Waals surface area contributed by atoms with Crippen molar-refractivity contribution in [2.75, 3.05) is 5.75 Å². The van der Waals surface area contributed by atoms with Gasteiger partial charge >= 0.3 is 5.69 Å². The van der Waals surface area contributed by atoms with Gasteiger partial charge in [-0.25, -0.2) is 19.7 Å². The maximum Gasteiger partial charge on any atom is 0.330 e. The van der Waals surface area contributed by atoms with Gasteiger partial charge in [-0.2, -0.15) is 0 Å². The minimum absolute atomic E-state index is 0.197. The molecule has 0 spiro atoms. The van der Waals surface area contributed by atoms with E-state index in [0.717, 1.165) is 34.8 Å². The predicted octanol–water partition coefficient (Wildman–Crippen LogP) is 0.815. The summed E-state index contributed by atoms with van der Waals surface area (Å²) in [5.74, 6) is 0.821. The first-order chi connectivity index (χ1) is 12.1. The van der Waals surface area contributed by atoms with Crippen molar-refractivity contribution in [3.05, 3.63) is 45.3 Å². The first kappa shape index (κ1) is 16.1. The van der Waals surface area contributed by atoms with Gasteiger partial charge in [0.25, 0.3) is 5.56 Å². The zero-order valence-electron chi connectivity index (χ0n) is 13.9. The van der Waals surface area contributed by atoms with Crippen molar-refractivity contribution in [3.63, 3.8) is 0 Å². The average molecular weight is 358 g/mol. The summed E-state index contributed by atoms with van der Waals surface area (Å²) in [6.45, 7) is 1.24. The second kappa shape index (κ2) is 6.47. The molecule has 0 aliphatic carbocycles. The summed E-state index contributed by atoms with van der Waals surface area (Å²) < 4.78 is 4.82. The van der Waals surface area contributed by atoms with Crippen LogP contribution in [0.3, 0.4) is 0 Å². The Hall–Kier alpha value is -2.42. The smallest absolute Gasteiger partial charge is 0.315 e. The first-order valence-corrected chi connectivity index (χ1v) is 9.21. The minimum Gasteiger partial charge on any atom is -0.315 e. The van der Waals surface area contributed by atoms with Crippen molar-refractivity contribution >= 4 is 22.9 Å². The van der Waals surface area contributed by atoms with Gasteiger partial charge in [-0.15, -0.1) is 11.8 Å². The third-order valence-electron chi connectivity index (χ3n) is 4.42. The number of fused-ring (bicyclic) bond motifs is 2. The number of thioether (sulfide) groups is 1. The van der Waals surface area contributed by atoms with Crippen LogP contribution in [0.4, 0.5) is 0 Å². The maximum atomic E-state index is 12.3. The molecule has 0 fully saturated rings. The molecule has 0 saturated carbocycles. The number of aryl methyl sites for hydroxylation is 3. The van der Waals surface area contributed by atoms with Crippen molar-refractivity contribution in [1.82, 2.24) is 28.7 Å². The van der Waals surface area contributed by atoms with E-state index in [1.54, 1.807) is 42.2 Å². The highest BCUT2D eigenvalue weighted by Crippen LogP contribution is 2.24. The van der Waals surface area contributed by atoms with Crippen LogP contribution in [0, 0.1) is 0 Å². The normalized spacial score (nSPS) is 15.4. The fourth-order valence-corrected chi connectivity index (χ4v) is 3.98. The van der Waals surface area contributed by atoms with E-state index in [1.165, 1.54) is 4.57 Å². The Morgan fingerprint density at radius 2 is 1.92 bits per heavy atom. The molecular formula is C16H18N6O2S. The van der Waals surface area contributed by atoms with Gasteiger partial charge in [0.05, 0.1) is 6.33 Å². The lowest BCUT2D eigenvalue weighted by Gasteiger charge is -2.12. The van der Waals surface area contributed by atoms with E-state index in [9.17, 15) is 9.59 Å². The van der Waals surface area contributed by atoms with Crippen LogP contribution < -0.4 is 11.2 Å².